The molecular formula is C37H52N10O2. The van der Waals surface area contributed by atoms with Gasteiger partial charge in [-0.15, -0.1) is 10.2 Å². The van der Waals surface area contributed by atoms with Crippen molar-refractivity contribution in [3.63, 3.8) is 0 Å². The van der Waals surface area contributed by atoms with Crippen molar-refractivity contribution in [3.8, 4) is 5.75 Å². The van der Waals surface area contributed by atoms with Crippen LogP contribution in [0.25, 0.3) is 5.65 Å². The summed E-state index contributed by atoms with van der Waals surface area (Å²) in [5.41, 5.74) is 3.83. The molecule has 49 heavy (non-hydrogen) atoms. The van der Waals surface area contributed by atoms with Gasteiger partial charge in [0.1, 0.15) is 17.7 Å². The van der Waals surface area contributed by atoms with Gasteiger partial charge in [0.25, 0.3) is 0 Å². The molecule has 3 atom stereocenters. The number of hydrogen-bond donors (Lipinski definition) is 2. The lowest BCUT2D eigenvalue weighted by molar-refractivity contribution is 0.149. The van der Waals surface area contributed by atoms with Gasteiger partial charge >= 0.3 is 6.03 Å². The summed E-state index contributed by atoms with van der Waals surface area (Å²) < 4.78 is 10.7. The van der Waals surface area contributed by atoms with Crippen LogP contribution in [-0.2, 0) is 12.0 Å². The Morgan fingerprint density at radius 2 is 1.73 bits per heavy atom. The predicted molar refractivity (Wildman–Crippen MR) is 192 cm³/mol. The van der Waals surface area contributed by atoms with E-state index >= 15 is 0 Å². The number of amides is 2. The number of rotatable bonds is 8. The fourth-order valence-corrected chi connectivity index (χ4v) is 7.38. The second-order valence-electron chi connectivity index (χ2n) is 15.1. The number of hydrogen-bond acceptors (Lipinski definition) is 8. The number of ether oxygens (including phenoxy) is 1. The van der Waals surface area contributed by atoms with Crippen molar-refractivity contribution in [2.24, 2.45) is 0 Å². The van der Waals surface area contributed by atoms with Crippen LogP contribution in [0.1, 0.15) is 88.8 Å². The van der Waals surface area contributed by atoms with E-state index in [1.54, 1.807) is 0 Å². The quantitative estimate of drug-likeness (QED) is 0.249. The fraction of sp³-hybridized carbons (Fsp3) is 0.568. The molecule has 12 nitrogen and oxygen atoms in total. The summed E-state index contributed by atoms with van der Waals surface area (Å²) in [7, 11) is 2.17. The highest BCUT2D eigenvalue weighted by Crippen LogP contribution is 2.39. The van der Waals surface area contributed by atoms with Gasteiger partial charge in [0.15, 0.2) is 5.65 Å². The molecular weight excluding hydrogens is 616 g/mol. The SMILES string of the molecule is CC1CCCCN1c1nnc2ccc(O[C@@H]3CC[C@H](NC(=O)Nc4cc(C(C)(C)C)nn4CCN4CCN(C)CC4)c4ccccc43)cn12. The maximum Gasteiger partial charge on any atom is 0.320 e. The average molecular weight is 669 g/mol. The van der Waals surface area contributed by atoms with Crippen LogP contribution >= 0.6 is 0 Å². The molecule has 0 radical (unpaired) electrons. The third kappa shape index (κ3) is 7.40. The molecule has 5 heterocycles. The molecule has 4 aromatic rings. The van der Waals surface area contributed by atoms with Crippen LogP contribution in [0.2, 0.25) is 0 Å². The fourth-order valence-electron chi connectivity index (χ4n) is 7.38. The monoisotopic (exact) mass is 668 g/mol. The number of piperazine rings is 1. The summed E-state index contributed by atoms with van der Waals surface area (Å²) in [6, 6.07) is 14.4. The Morgan fingerprint density at radius 3 is 2.51 bits per heavy atom. The Kier molecular flexibility index (Phi) is 9.52. The van der Waals surface area contributed by atoms with Gasteiger partial charge in [-0.05, 0) is 69.3 Å². The standard InChI is InChI=1S/C37H52N10O2/c1-26-10-8-9-17-45(26)36-41-40-33-16-13-27(25-46(33)36)49-31-15-14-30(28-11-6-7-12-29(28)31)38-35(48)39-34-24-32(37(2,3)4)42-47(34)23-22-44-20-18-43(5)19-21-44/h6-7,11-13,16,24-26,30-31H,8-10,14-15,17-23H2,1-5H3,(H2,38,39,48)/t26?,30-,31+/m0/s1. The second-order valence-corrected chi connectivity index (χ2v) is 15.1. The van der Waals surface area contributed by atoms with Crippen molar-refractivity contribution in [3.05, 3.63) is 65.5 Å². The molecule has 7 rings (SSSR count). The topological polar surface area (TPSA) is 108 Å². The molecule has 2 N–H and O–H groups in total. The van der Waals surface area contributed by atoms with Crippen LogP contribution in [0.15, 0.2) is 48.7 Å². The second kappa shape index (κ2) is 14.0. The molecule has 1 aromatic carbocycles. The molecule has 2 amide bonds. The van der Waals surface area contributed by atoms with Gasteiger partial charge in [0.2, 0.25) is 5.95 Å². The maximum absolute atomic E-state index is 13.6. The van der Waals surface area contributed by atoms with Gasteiger partial charge in [-0.3, -0.25) is 14.6 Å². The molecule has 1 unspecified atom stereocenters. The minimum Gasteiger partial charge on any atom is -0.484 e. The molecule has 3 aromatic heterocycles. The molecule has 2 aliphatic heterocycles. The van der Waals surface area contributed by atoms with Crippen LogP contribution in [0.5, 0.6) is 5.75 Å². The van der Waals surface area contributed by atoms with Crippen molar-refractivity contribution in [2.45, 2.75) is 89.9 Å². The molecule has 2 fully saturated rings. The number of nitrogens with zero attached hydrogens (tertiary/aromatic N) is 8. The number of urea groups is 1. The third-order valence-corrected chi connectivity index (χ3v) is 10.5. The van der Waals surface area contributed by atoms with Crippen molar-refractivity contribution >= 4 is 23.4 Å². The minimum atomic E-state index is -0.224. The van der Waals surface area contributed by atoms with E-state index in [1.165, 1.54) is 12.8 Å². The summed E-state index contributed by atoms with van der Waals surface area (Å²) in [5, 5.41) is 20.3. The van der Waals surface area contributed by atoms with Crippen LogP contribution in [-0.4, -0.2) is 92.6 Å². The average Bonchev–Trinajstić information content (AvgIpc) is 3.70. The summed E-state index contributed by atoms with van der Waals surface area (Å²) in [5.74, 6) is 2.38. The number of fused-ring (bicyclic) bond motifs is 2. The maximum atomic E-state index is 13.6. The minimum absolute atomic E-state index is 0.129. The highest BCUT2D eigenvalue weighted by atomic mass is 16.5. The van der Waals surface area contributed by atoms with E-state index in [1.807, 2.05) is 41.2 Å². The number of benzene rings is 1. The smallest absolute Gasteiger partial charge is 0.320 e. The van der Waals surface area contributed by atoms with Crippen LogP contribution < -0.4 is 20.3 Å². The van der Waals surface area contributed by atoms with Crippen molar-refractivity contribution < 1.29 is 9.53 Å². The number of carbonyl (C=O) groups is 1. The third-order valence-electron chi connectivity index (χ3n) is 10.5. The Morgan fingerprint density at radius 1 is 0.939 bits per heavy atom. The van der Waals surface area contributed by atoms with Crippen LogP contribution in [0.3, 0.4) is 0 Å². The Hall–Kier alpha value is -4.16. The van der Waals surface area contributed by atoms with Gasteiger partial charge in [-0.1, -0.05) is 45.0 Å². The number of pyridine rings is 1. The first-order valence-corrected chi connectivity index (χ1v) is 18.1. The highest BCUT2D eigenvalue weighted by molar-refractivity contribution is 5.88. The van der Waals surface area contributed by atoms with E-state index in [2.05, 4.69) is 86.8 Å². The first-order valence-electron chi connectivity index (χ1n) is 18.1. The first-order chi connectivity index (χ1) is 23.6. The van der Waals surface area contributed by atoms with Crippen molar-refractivity contribution in [1.82, 2.24) is 39.5 Å². The molecule has 2 saturated heterocycles. The summed E-state index contributed by atoms with van der Waals surface area (Å²) in [6.45, 7) is 15.6. The molecule has 0 saturated carbocycles. The van der Waals surface area contributed by atoms with Gasteiger partial charge < -0.3 is 19.9 Å². The summed E-state index contributed by atoms with van der Waals surface area (Å²) >= 11 is 0. The van der Waals surface area contributed by atoms with Gasteiger partial charge in [-0.2, -0.15) is 5.10 Å². The molecule has 3 aliphatic rings. The molecule has 1 aliphatic carbocycles. The normalized spacial score (nSPS) is 22.2. The zero-order chi connectivity index (χ0) is 34.1. The molecule has 262 valence electrons. The van der Waals surface area contributed by atoms with Gasteiger partial charge in [-0.25, -0.2) is 9.48 Å². The van der Waals surface area contributed by atoms with E-state index in [-0.39, 0.29) is 23.6 Å². The molecule has 0 bridgehead atoms. The largest absolute Gasteiger partial charge is 0.484 e. The first kappa shape index (κ1) is 33.3. The Bertz CT molecular complexity index is 1750. The lowest BCUT2D eigenvalue weighted by Gasteiger charge is -2.33. The van der Waals surface area contributed by atoms with E-state index in [0.717, 1.165) is 105 Å². The number of piperidine rings is 1. The van der Waals surface area contributed by atoms with Crippen molar-refractivity contribution in [1.29, 1.82) is 0 Å². The van der Waals surface area contributed by atoms with Crippen LogP contribution in [0, 0.1) is 0 Å². The van der Waals surface area contributed by atoms with Crippen molar-refractivity contribution in [2.75, 3.05) is 56.5 Å². The summed E-state index contributed by atoms with van der Waals surface area (Å²) in [6.07, 6.45) is 7.00. The number of nitrogens with one attached hydrogen (secondary N) is 2. The molecule has 0 spiro atoms. The highest BCUT2D eigenvalue weighted by Gasteiger charge is 2.31. The van der Waals surface area contributed by atoms with Gasteiger partial charge in [0.05, 0.1) is 24.5 Å². The van der Waals surface area contributed by atoms with E-state index in [0.29, 0.717) is 6.04 Å². The zero-order valence-electron chi connectivity index (χ0n) is 29.7. The van der Waals surface area contributed by atoms with Crippen LogP contribution in [0.4, 0.5) is 16.6 Å². The Balaban J connectivity index is 1.04. The molecule has 12 heteroatoms. The zero-order valence-corrected chi connectivity index (χ0v) is 29.7. The number of anilines is 2. The predicted octanol–water partition coefficient (Wildman–Crippen LogP) is 5.63. The lowest BCUT2D eigenvalue weighted by Crippen LogP contribution is -2.45. The number of carbonyl (C=O) groups excluding carboxylic acids is 1. The van der Waals surface area contributed by atoms with E-state index in [9.17, 15) is 4.79 Å². The number of likely N-dealkylation sites (N-methyl/N-ethyl adjacent to an activating group) is 1. The van der Waals surface area contributed by atoms with Gasteiger partial charge in [0, 0.05) is 56.8 Å². The number of aromatic nitrogens is 5. The summed E-state index contributed by atoms with van der Waals surface area (Å²) in [4.78, 5) is 20.8. The Labute approximate surface area is 289 Å². The van der Waals surface area contributed by atoms with E-state index in [4.69, 9.17) is 9.84 Å². The lowest BCUT2D eigenvalue weighted by atomic mass is 9.85. The van der Waals surface area contributed by atoms with E-state index < -0.39 is 0 Å².